The monoisotopic (exact) mass is 298 g/mol. The third-order valence-corrected chi connectivity index (χ3v) is 3.49. The molecule has 1 aliphatic rings. The normalized spacial score (nSPS) is 14.7. The van der Waals surface area contributed by atoms with Gasteiger partial charge in [0.1, 0.15) is 24.0 Å². The van der Waals surface area contributed by atoms with E-state index in [2.05, 4.69) is 0 Å². The van der Waals surface area contributed by atoms with Crippen LogP contribution in [0.25, 0.3) is 0 Å². The first-order chi connectivity index (χ1) is 7.88. The van der Waals surface area contributed by atoms with Gasteiger partial charge in [0, 0.05) is 16.2 Å². The summed E-state index contributed by atoms with van der Waals surface area (Å²) in [5.74, 6) is -0.378. The molecule has 94 valence electrons. The topological polar surface area (TPSA) is 72.8 Å². The second kappa shape index (κ2) is 4.44. The largest absolute Gasteiger partial charge is 0.506 e. The average Bonchev–Trinajstić information content (AvgIpc) is 2.24. The first kappa shape index (κ1) is 12.6. The molecule has 17 heavy (non-hydrogen) atoms. The van der Waals surface area contributed by atoms with E-state index in [9.17, 15) is 13.5 Å². The van der Waals surface area contributed by atoms with E-state index in [0.29, 0.717) is 19.0 Å². The van der Waals surface area contributed by atoms with E-state index in [1.807, 2.05) is 0 Å². The summed E-state index contributed by atoms with van der Waals surface area (Å²) in [5, 5.41) is 9.65. The predicted molar refractivity (Wildman–Crippen MR) is 62.6 cm³/mol. The Kier molecular flexibility index (Phi) is 3.29. The molecule has 0 unspecified atom stereocenters. The molecule has 0 spiro atoms. The lowest BCUT2D eigenvalue weighted by atomic mass is 10.2. The number of ether oxygens (including phenoxy) is 2. The molecule has 5 nitrogen and oxygen atoms in total. The summed E-state index contributed by atoms with van der Waals surface area (Å²) in [4.78, 5) is 0. The van der Waals surface area contributed by atoms with Crippen LogP contribution >= 0.6 is 22.3 Å². The highest BCUT2D eigenvalue weighted by Crippen LogP contribution is 2.45. The number of halogens is 2. The van der Waals surface area contributed by atoms with Crippen molar-refractivity contribution in [1.82, 2.24) is 0 Å². The van der Waals surface area contributed by atoms with E-state index >= 15 is 0 Å². The van der Waals surface area contributed by atoms with E-state index in [0.717, 1.165) is 0 Å². The Hall–Kier alpha value is -0.850. The Bertz CT molecular complexity index is 555. The van der Waals surface area contributed by atoms with Crippen molar-refractivity contribution < 1.29 is 23.0 Å². The van der Waals surface area contributed by atoms with Gasteiger partial charge in [-0.25, -0.2) is 8.42 Å². The van der Waals surface area contributed by atoms with Crippen LogP contribution < -0.4 is 9.47 Å². The molecule has 1 N–H and O–H groups in total. The molecule has 1 aromatic rings. The van der Waals surface area contributed by atoms with Crippen molar-refractivity contribution in [2.75, 3.05) is 13.2 Å². The third-order valence-electron chi connectivity index (χ3n) is 2.16. The van der Waals surface area contributed by atoms with E-state index in [4.69, 9.17) is 31.8 Å². The molecule has 1 heterocycles. The molecule has 0 saturated carbocycles. The molecule has 0 bridgehead atoms. The highest BCUT2D eigenvalue weighted by molar-refractivity contribution is 8.13. The van der Waals surface area contributed by atoms with E-state index < -0.39 is 14.8 Å². The van der Waals surface area contributed by atoms with Crippen molar-refractivity contribution >= 4 is 31.3 Å². The van der Waals surface area contributed by atoms with Crippen LogP contribution in [0.5, 0.6) is 17.2 Å². The van der Waals surface area contributed by atoms with Gasteiger partial charge in [0.2, 0.25) is 9.05 Å². The van der Waals surface area contributed by atoms with Crippen LogP contribution in [0.1, 0.15) is 5.56 Å². The highest BCUT2D eigenvalue weighted by atomic mass is 35.7. The van der Waals surface area contributed by atoms with Crippen molar-refractivity contribution in [2.24, 2.45) is 0 Å². The second-order valence-electron chi connectivity index (χ2n) is 3.41. The van der Waals surface area contributed by atoms with Gasteiger partial charge in [-0.15, -0.1) is 0 Å². The maximum atomic E-state index is 11.0. The van der Waals surface area contributed by atoms with Crippen molar-refractivity contribution in [3.8, 4) is 17.2 Å². The number of hydrogen-bond donors (Lipinski definition) is 1. The van der Waals surface area contributed by atoms with Gasteiger partial charge in [0.15, 0.2) is 11.5 Å². The lowest BCUT2D eigenvalue weighted by molar-refractivity contribution is 0.171. The first-order valence-corrected chi connectivity index (χ1v) is 7.46. The summed E-state index contributed by atoms with van der Waals surface area (Å²) < 4.78 is 32.4. The molecule has 0 aromatic heterocycles. The molecule has 2 rings (SSSR count). The zero-order chi connectivity index (χ0) is 12.6. The molecule has 0 fully saturated rings. The fourth-order valence-electron chi connectivity index (χ4n) is 1.48. The van der Waals surface area contributed by atoms with Crippen LogP contribution in [-0.2, 0) is 14.8 Å². The van der Waals surface area contributed by atoms with Crippen molar-refractivity contribution in [1.29, 1.82) is 0 Å². The standard InChI is InChI=1S/C9H8Cl2O5S/c10-7-8(12)5(4-17(11,13)14)3-6-9(7)16-2-1-15-6/h3,12H,1-2,4H2. The number of rotatable bonds is 2. The minimum absolute atomic E-state index is 0.0717. The van der Waals surface area contributed by atoms with Gasteiger partial charge >= 0.3 is 0 Å². The van der Waals surface area contributed by atoms with Gasteiger partial charge in [0.05, 0.1) is 5.75 Å². The van der Waals surface area contributed by atoms with E-state index in [1.54, 1.807) is 0 Å². The highest BCUT2D eigenvalue weighted by Gasteiger charge is 2.23. The van der Waals surface area contributed by atoms with Crippen molar-refractivity contribution in [3.05, 3.63) is 16.7 Å². The van der Waals surface area contributed by atoms with Crippen LogP contribution in [0.2, 0.25) is 5.02 Å². The fourth-order valence-corrected chi connectivity index (χ4v) is 2.69. The van der Waals surface area contributed by atoms with Gasteiger partial charge in [-0.3, -0.25) is 0 Å². The fraction of sp³-hybridized carbons (Fsp3) is 0.333. The van der Waals surface area contributed by atoms with Crippen LogP contribution in [0, 0.1) is 0 Å². The molecule has 0 aliphatic carbocycles. The summed E-state index contributed by atoms with van der Waals surface area (Å²) in [7, 11) is 1.34. The Labute approximate surface area is 107 Å². The van der Waals surface area contributed by atoms with Crippen molar-refractivity contribution in [2.45, 2.75) is 5.75 Å². The van der Waals surface area contributed by atoms with E-state index in [1.165, 1.54) is 6.07 Å². The molecule has 0 atom stereocenters. The smallest absolute Gasteiger partial charge is 0.236 e. The Balaban J connectivity index is 2.51. The summed E-state index contributed by atoms with van der Waals surface area (Å²) >= 11 is 5.85. The lowest BCUT2D eigenvalue weighted by Crippen LogP contribution is -2.16. The molecule has 0 amide bonds. The molecule has 0 saturated heterocycles. The molecular weight excluding hydrogens is 291 g/mol. The van der Waals surface area contributed by atoms with Gasteiger partial charge in [-0.1, -0.05) is 11.6 Å². The number of hydrogen-bond acceptors (Lipinski definition) is 5. The predicted octanol–water partition coefficient (Wildman–Crippen LogP) is 1.89. The number of phenols is 1. The summed E-state index contributed by atoms with van der Waals surface area (Å²) in [5.41, 5.74) is 0.0780. The maximum absolute atomic E-state index is 11.0. The summed E-state index contributed by atoms with van der Waals surface area (Å²) in [6.45, 7) is 0.653. The Morgan fingerprint density at radius 1 is 1.35 bits per heavy atom. The minimum atomic E-state index is -3.79. The Morgan fingerprint density at radius 3 is 2.65 bits per heavy atom. The number of fused-ring (bicyclic) bond motifs is 1. The minimum Gasteiger partial charge on any atom is -0.506 e. The Morgan fingerprint density at radius 2 is 2.00 bits per heavy atom. The summed E-state index contributed by atoms with van der Waals surface area (Å²) in [6.07, 6.45) is 0. The molecule has 1 aromatic carbocycles. The second-order valence-corrected chi connectivity index (χ2v) is 6.56. The zero-order valence-electron chi connectivity index (χ0n) is 8.44. The first-order valence-electron chi connectivity index (χ1n) is 4.61. The van der Waals surface area contributed by atoms with Crippen molar-refractivity contribution in [3.63, 3.8) is 0 Å². The average molecular weight is 299 g/mol. The number of phenolic OH excluding ortho intramolecular Hbond substituents is 1. The van der Waals surface area contributed by atoms with Crippen LogP contribution in [-0.4, -0.2) is 26.7 Å². The molecular formula is C9H8Cl2O5S. The van der Waals surface area contributed by atoms with Gasteiger partial charge in [0.25, 0.3) is 0 Å². The molecule has 8 heteroatoms. The molecule has 0 radical (unpaired) electrons. The number of benzene rings is 1. The maximum Gasteiger partial charge on any atom is 0.236 e. The SMILES string of the molecule is O=S(=O)(Cl)Cc1cc2c(c(Cl)c1O)OCCO2. The summed E-state index contributed by atoms with van der Waals surface area (Å²) in [6, 6.07) is 1.36. The van der Waals surface area contributed by atoms with Gasteiger partial charge in [-0.05, 0) is 6.07 Å². The quantitative estimate of drug-likeness (QED) is 0.844. The lowest BCUT2D eigenvalue weighted by Gasteiger charge is -2.21. The molecule has 1 aliphatic heterocycles. The van der Waals surface area contributed by atoms with Crippen LogP contribution in [0.3, 0.4) is 0 Å². The third kappa shape index (κ3) is 2.70. The van der Waals surface area contributed by atoms with Gasteiger partial charge < -0.3 is 14.6 Å². The van der Waals surface area contributed by atoms with E-state index in [-0.39, 0.29) is 22.1 Å². The van der Waals surface area contributed by atoms with Crippen LogP contribution in [0.4, 0.5) is 0 Å². The van der Waals surface area contributed by atoms with Crippen LogP contribution in [0.15, 0.2) is 6.07 Å². The number of aromatic hydroxyl groups is 1. The van der Waals surface area contributed by atoms with Gasteiger partial charge in [-0.2, -0.15) is 0 Å². The zero-order valence-corrected chi connectivity index (χ0v) is 10.8.